The Labute approximate surface area is 163 Å². The van der Waals surface area contributed by atoms with Crippen LogP contribution in [0.1, 0.15) is 25.5 Å². The van der Waals surface area contributed by atoms with Gasteiger partial charge in [-0.15, -0.1) is 0 Å². The molecule has 0 saturated heterocycles. The zero-order valence-corrected chi connectivity index (χ0v) is 16.6. The SMILES string of the molecule is CCN(C)C(=O)Oc1cccc([C@H](C)N(C)C)c1.O=C(O)[C@@H](O)[C@@H](O)C(=O)O. The molecule has 0 saturated carbocycles. The fourth-order valence-corrected chi connectivity index (χ4v) is 1.71. The van der Waals surface area contributed by atoms with Crippen LogP contribution in [0, 0.1) is 0 Å². The zero-order valence-electron chi connectivity index (χ0n) is 16.6. The van der Waals surface area contributed by atoms with E-state index in [0.29, 0.717) is 12.3 Å². The van der Waals surface area contributed by atoms with Crippen molar-refractivity contribution in [3.8, 4) is 5.75 Å². The Morgan fingerprint density at radius 3 is 1.93 bits per heavy atom. The molecule has 10 heteroatoms. The number of benzene rings is 1. The molecule has 10 nitrogen and oxygen atoms in total. The van der Waals surface area contributed by atoms with Crippen molar-refractivity contribution in [2.45, 2.75) is 32.1 Å². The van der Waals surface area contributed by atoms with Gasteiger partial charge in [0.2, 0.25) is 0 Å². The number of carboxylic acid groups (broad SMARTS) is 2. The molecule has 1 aromatic carbocycles. The molecule has 0 aromatic heterocycles. The van der Waals surface area contributed by atoms with Crippen molar-refractivity contribution in [3.63, 3.8) is 0 Å². The van der Waals surface area contributed by atoms with Crippen LogP contribution in [0.15, 0.2) is 24.3 Å². The van der Waals surface area contributed by atoms with Crippen molar-refractivity contribution >= 4 is 18.0 Å². The van der Waals surface area contributed by atoms with Crippen LogP contribution in [0.3, 0.4) is 0 Å². The van der Waals surface area contributed by atoms with Gasteiger partial charge >= 0.3 is 18.0 Å². The van der Waals surface area contributed by atoms with Crippen LogP contribution in [0.25, 0.3) is 0 Å². The van der Waals surface area contributed by atoms with E-state index in [1.54, 1.807) is 13.1 Å². The van der Waals surface area contributed by atoms with Crippen molar-refractivity contribution in [3.05, 3.63) is 29.8 Å². The van der Waals surface area contributed by atoms with E-state index in [4.69, 9.17) is 25.2 Å². The summed E-state index contributed by atoms with van der Waals surface area (Å²) in [7, 11) is 5.76. The summed E-state index contributed by atoms with van der Waals surface area (Å²) >= 11 is 0. The van der Waals surface area contributed by atoms with Gasteiger partial charge < -0.3 is 35.0 Å². The number of carbonyl (C=O) groups excluding carboxylic acids is 1. The Kier molecular flexibility index (Phi) is 10.8. The summed E-state index contributed by atoms with van der Waals surface area (Å²) in [5, 5.41) is 32.5. The topological polar surface area (TPSA) is 148 Å². The number of aliphatic hydroxyl groups is 2. The molecule has 1 rings (SSSR count). The first-order valence-corrected chi connectivity index (χ1v) is 8.43. The minimum absolute atomic E-state index is 0.285. The summed E-state index contributed by atoms with van der Waals surface area (Å²) in [6, 6.07) is 7.93. The third-order valence-electron chi connectivity index (χ3n) is 3.91. The van der Waals surface area contributed by atoms with Gasteiger partial charge in [0.15, 0.2) is 12.2 Å². The number of carboxylic acids is 2. The van der Waals surface area contributed by atoms with Crippen LogP contribution in [0.2, 0.25) is 0 Å². The predicted octanol–water partition coefficient (Wildman–Crippen LogP) is 0.637. The second-order valence-electron chi connectivity index (χ2n) is 6.16. The van der Waals surface area contributed by atoms with Crippen LogP contribution in [-0.2, 0) is 9.59 Å². The molecule has 0 aliphatic heterocycles. The fourth-order valence-electron chi connectivity index (χ4n) is 1.71. The van der Waals surface area contributed by atoms with E-state index in [-0.39, 0.29) is 12.1 Å². The van der Waals surface area contributed by atoms with Crippen molar-refractivity contribution < 1.29 is 39.5 Å². The lowest BCUT2D eigenvalue weighted by atomic mass is 10.1. The quantitative estimate of drug-likeness (QED) is 0.517. The lowest BCUT2D eigenvalue weighted by molar-refractivity contribution is -0.165. The van der Waals surface area contributed by atoms with E-state index < -0.39 is 24.1 Å². The average molecular weight is 400 g/mol. The van der Waals surface area contributed by atoms with Crippen molar-refractivity contribution in [1.82, 2.24) is 9.80 Å². The first-order valence-electron chi connectivity index (χ1n) is 8.43. The molecule has 0 aliphatic rings. The van der Waals surface area contributed by atoms with Gasteiger partial charge in [-0.1, -0.05) is 12.1 Å². The molecule has 0 heterocycles. The molecular weight excluding hydrogens is 372 g/mol. The fraction of sp³-hybridized carbons (Fsp3) is 0.500. The number of aliphatic hydroxyl groups excluding tert-OH is 2. The average Bonchev–Trinajstić information content (AvgIpc) is 2.65. The number of hydrogen-bond acceptors (Lipinski definition) is 7. The van der Waals surface area contributed by atoms with Crippen molar-refractivity contribution in [1.29, 1.82) is 0 Å². The molecule has 0 unspecified atom stereocenters. The lowest BCUT2D eigenvalue weighted by Gasteiger charge is -2.21. The predicted molar refractivity (Wildman–Crippen MR) is 100 cm³/mol. The molecule has 0 spiro atoms. The number of amides is 1. The highest BCUT2D eigenvalue weighted by atomic mass is 16.6. The smallest absolute Gasteiger partial charge is 0.414 e. The molecule has 4 N–H and O–H groups in total. The molecule has 158 valence electrons. The number of rotatable bonds is 7. The molecule has 1 aromatic rings. The van der Waals surface area contributed by atoms with Crippen molar-refractivity contribution in [2.24, 2.45) is 0 Å². The second kappa shape index (κ2) is 11.9. The Hall–Kier alpha value is -2.69. The minimum Gasteiger partial charge on any atom is -0.479 e. The largest absolute Gasteiger partial charge is 0.479 e. The highest BCUT2D eigenvalue weighted by Crippen LogP contribution is 2.22. The van der Waals surface area contributed by atoms with Crippen LogP contribution < -0.4 is 4.74 Å². The van der Waals surface area contributed by atoms with Gasteiger partial charge in [-0.25, -0.2) is 14.4 Å². The third kappa shape index (κ3) is 8.33. The Balaban J connectivity index is 0.000000621. The normalized spacial score (nSPS) is 13.6. The summed E-state index contributed by atoms with van der Waals surface area (Å²) in [6.45, 7) is 4.65. The van der Waals surface area contributed by atoms with E-state index in [2.05, 4.69) is 11.8 Å². The first kappa shape index (κ1) is 25.3. The van der Waals surface area contributed by atoms with Gasteiger partial charge in [0.05, 0.1) is 0 Å². The lowest BCUT2D eigenvalue weighted by Crippen LogP contribution is -2.39. The van der Waals surface area contributed by atoms with Crippen LogP contribution in [0.4, 0.5) is 4.79 Å². The van der Waals surface area contributed by atoms with Gasteiger partial charge in [0, 0.05) is 19.6 Å². The molecule has 0 radical (unpaired) electrons. The van der Waals surface area contributed by atoms with Crippen LogP contribution in [0.5, 0.6) is 5.75 Å². The first-order chi connectivity index (χ1) is 12.9. The highest BCUT2D eigenvalue weighted by molar-refractivity contribution is 5.83. The Bertz CT molecular complexity index is 647. The van der Waals surface area contributed by atoms with Gasteiger partial charge in [0.25, 0.3) is 0 Å². The van der Waals surface area contributed by atoms with E-state index in [9.17, 15) is 14.4 Å². The molecular formula is C18H28N2O8. The number of ether oxygens (including phenoxy) is 1. The van der Waals surface area contributed by atoms with Gasteiger partial charge in [-0.3, -0.25) is 0 Å². The van der Waals surface area contributed by atoms with Gasteiger partial charge in [-0.2, -0.15) is 0 Å². The number of hydrogen-bond donors (Lipinski definition) is 4. The van der Waals surface area contributed by atoms with Gasteiger partial charge in [0.1, 0.15) is 5.75 Å². The third-order valence-corrected chi connectivity index (χ3v) is 3.91. The zero-order chi connectivity index (χ0) is 22.0. The molecule has 0 bridgehead atoms. The van der Waals surface area contributed by atoms with Gasteiger partial charge in [-0.05, 0) is 45.6 Å². The van der Waals surface area contributed by atoms with Crippen molar-refractivity contribution in [2.75, 3.05) is 27.7 Å². The standard InChI is InChI=1S/C14H22N2O2.C4H6O6/c1-6-16(5)14(17)18-13-9-7-8-12(10-13)11(2)15(3)4;5-1(3(7)8)2(6)4(9)10/h7-11H,6H2,1-5H3;1-2,5-6H,(H,7,8)(H,9,10)/t11-;1-,2+/m0./s1. The monoisotopic (exact) mass is 400 g/mol. The maximum absolute atomic E-state index is 11.7. The molecule has 3 atom stereocenters. The number of aliphatic carboxylic acids is 2. The second-order valence-corrected chi connectivity index (χ2v) is 6.16. The molecule has 0 aliphatic carbocycles. The molecule has 0 fully saturated rings. The maximum Gasteiger partial charge on any atom is 0.414 e. The maximum atomic E-state index is 11.7. The minimum atomic E-state index is -2.27. The van der Waals surface area contributed by atoms with E-state index >= 15 is 0 Å². The number of carbonyl (C=O) groups is 3. The molecule has 1 amide bonds. The summed E-state index contributed by atoms with van der Waals surface area (Å²) in [5.41, 5.74) is 1.13. The Morgan fingerprint density at radius 1 is 1.04 bits per heavy atom. The molecule has 28 heavy (non-hydrogen) atoms. The van der Waals surface area contributed by atoms with Crippen LogP contribution >= 0.6 is 0 Å². The summed E-state index contributed by atoms with van der Waals surface area (Å²) in [5.74, 6) is -2.95. The Morgan fingerprint density at radius 2 is 1.54 bits per heavy atom. The van der Waals surface area contributed by atoms with E-state index in [0.717, 1.165) is 5.56 Å². The van der Waals surface area contributed by atoms with Crippen LogP contribution in [-0.4, -0.2) is 88.2 Å². The highest BCUT2D eigenvalue weighted by Gasteiger charge is 2.29. The number of nitrogens with zero attached hydrogens (tertiary/aromatic N) is 2. The van der Waals surface area contributed by atoms with E-state index in [1.807, 2.05) is 39.2 Å². The summed E-state index contributed by atoms with van der Waals surface area (Å²) in [4.78, 5) is 34.8. The summed E-state index contributed by atoms with van der Waals surface area (Å²) < 4.78 is 5.31. The summed E-state index contributed by atoms with van der Waals surface area (Å²) in [6.07, 6.45) is -4.86. The van der Waals surface area contributed by atoms with E-state index in [1.165, 1.54) is 4.90 Å².